The van der Waals surface area contributed by atoms with E-state index in [-0.39, 0.29) is 5.91 Å². The zero-order valence-corrected chi connectivity index (χ0v) is 7.95. The number of hydrogen-bond donors (Lipinski definition) is 4. The zero-order chi connectivity index (χ0) is 10.7. The number of carbonyl (C=O) groups excluding carboxylic acids is 1. The predicted molar refractivity (Wildman–Crippen MR) is 55.0 cm³/mol. The Morgan fingerprint density at radius 1 is 1.53 bits per heavy atom. The molecule has 0 unspecified atom stereocenters. The van der Waals surface area contributed by atoms with Gasteiger partial charge in [-0.3, -0.25) is 4.79 Å². The summed E-state index contributed by atoms with van der Waals surface area (Å²) in [5.74, 6) is -0.193. The lowest BCUT2D eigenvalue weighted by molar-refractivity contribution is 0.0946. The molecule has 0 aromatic carbocycles. The van der Waals surface area contributed by atoms with E-state index in [0.29, 0.717) is 17.9 Å². The first-order chi connectivity index (χ1) is 7.25. The molecule has 0 spiro atoms. The zero-order valence-electron chi connectivity index (χ0n) is 7.95. The van der Waals surface area contributed by atoms with Crippen LogP contribution in [-0.2, 0) is 6.54 Å². The second-order valence-corrected chi connectivity index (χ2v) is 3.11. The number of imidazole rings is 1. The molecule has 78 valence electrons. The molecule has 0 bridgehead atoms. The number of H-pyrrole nitrogens is 2. The normalized spacial score (nSPS) is 10.1. The topological polar surface area (TPSA) is 99.6 Å². The van der Waals surface area contributed by atoms with Crippen LogP contribution in [0.2, 0.25) is 0 Å². The molecule has 0 radical (unpaired) electrons. The Hall–Kier alpha value is -2.24. The van der Waals surface area contributed by atoms with E-state index in [4.69, 9.17) is 5.73 Å². The van der Waals surface area contributed by atoms with Gasteiger partial charge in [0.2, 0.25) is 0 Å². The molecule has 0 saturated heterocycles. The van der Waals surface area contributed by atoms with Gasteiger partial charge in [0.15, 0.2) is 0 Å². The molecule has 0 fully saturated rings. The Morgan fingerprint density at radius 3 is 3.00 bits per heavy atom. The summed E-state index contributed by atoms with van der Waals surface area (Å²) < 4.78 is 0. The third-order valence-electron chi connectivity index (χ3n) is 1.94. The summed E-state index contributed by atoms with van der Waals surface area (Å²) in [5.41, 5.74) is 7.32. The van der Waals surface area contributed by atoms with Crippen molar-refractivity contribution in [1.29, 1.82) is 0 Å². The number of carbonyl (C=O) groups is 1. The van der Waals surface area contributed by atoms with Crippen molar-refractivity contribution in [1.82, 2.24) is 20.3 Å². The fourth-order valence-corrected chi connectivity index (χ4v) is 1.19. The van der Waals surface area contributed by atoms with Crippen molar-refractivity contribution in [2.75, 3.05) is 5.73 Å². The number of nitrogen functional groups attached to an aromatic ring is 1. The van der Waals surface area contributed by atoms with Gasteiger partial charge in [-0.15, -0.1) is 0 Å². The van der Waals surface area contributed by atoms with Crippen molar-refractivity contribution in [2.24, 2.45) is 0 Å². The number of aromatic amines is 2. The molecule has 2 aromatic heterocycles. The van der Waals surface area contributed by atoms with E-state index in [1.807, 2.05) is 0 Å². The van der Waals surface area contributed by atoms with Crippen LogP contribution in [-0.4, -0.2) is 20.9 Å². The van der Waals surface area contributed by atoms with E-state index in [9.17, 15) is 4.79 Å². The summed E-state index contributed by atoms with van der Waals surface area (Å²) in [6.45, 7) is 0.414. The average molecular weight is 205 g/mol. The largest absolute Gasteiger partial charge is 0.397 e. The number of aromatic nitrogens is 3. The predicted octanol–water partition coefficient (Wildman–Crippen LogP) is 0.250. The second-order valence-electron chi connectivity index (χ2n) is 3.11. The Labute approximate surface area is 85.9 Å². The fourth-order valence-electron chi connectivity index (χ4n) is 1.19. The van der Waals surface area contributed by atoms with Gasteiger partial charge in [-0.05, 0) is 6.07 Å². The van der Waals surface area contributed by atoms with Gasteiger partial charge in [0.25, 0.3) is 5.91 Å². The molecule has 0 aliphatic heterocycles. The van der Waals surface area contributed by atoms with E-state index in [0.717, 1.165) is 5.69 Å². The lowest BCUT2D eigenvalue weighted by atomic mass is 10.3. The van der Waals surface area contributed by atoms with Crippen molar-refractivity contribution >= 4 is 11.6 Å². The highest BCUT2D eigenvalue weighted by Gasteiger charge is 2.06. The monoisotopic (exact) mass is 205 g/mol. The first-order valence-corrected chi connectivity index (χ1v) is 4.45. The lowest BCUT2D eigenvalue weighted by Gasteiger charge is -2.00. The number of anilines is 1. The molecule has 0 aliphatic rings. The maximum atomic E-state index is 11.5. The Bertz CT molecular complexity index is 445. The molecule has 2 aromatic rings. The number of hydrogen-bond acceptors (Lipinski definition) is 3. The molecule has 15 heavy (non-hydrogen) atoms. The summed E-state index contributed by atoms with van der Waals surface area (Å²) in [6.07, 6.45) is 4.79. The van der Waals surface area contributed by atoms with Crippen LogP contribution in [0.4, 0.5) is 5.69 Å². The van der Waals surface area contributed by atoms with E-state index in [2.05, 4.69) is 20.3 Å². The summed E-state index contributed by atoms with van der Waals surface area (Å²) in [5, 5.41) is 2.72. The quantitative estimate of drug-likeness (QED) is 0.578. The highest BCUT2D eigenvalue weighted by Crippen LogP contribution is 2.04. The van der Waals surface area contributed by atoms with Gasteiger partial charge in [-0.1, -0.05) is 0 Å². The Kier molecular flexibility index (Phi) is 2.40. The van der Waals surface area contributed by atoms with Gasteiger partial charge >= 0.3 is 0 Å². The van der Waals surface area contributed by atoms with Crippen LogP contribution >= 0.6 is 0 Å². The number of nitrogens with zero attached hydrogens (tertiary/aromatic N) is 1. The molecule has 5 N–H and O–H groups in total. The smallest absolute Gasteiger partial charge is 0.268 e. The van der Waals surface area contributed by atoms with Gasteiger partial charge < -0.3 is 21.0 Å². The minimum Gasteiger partial charge on any atom is -0.397 e. The summed E-state index contributed by atoms with van der Waals surface area (Å²) >= 11 is 0. The van der Waals surface area contributed by atoms with Crippen molar-refractivity contribution in [2.45, 2.75) is 6.54 Å². The number of amides is 1. The van der Waals surface area contributed by atoms with Gasteiger partial charge in [0, 0.05) is 18.1 Å². The summed E-state index contributed by atoms with van der Waals surface area (Å²) in [6, 6.07) is 1.59. The summed E-state index contributed by atoms with van der Waals surface area (Å²) in [7, 11) is 0. The van der Waals surface area contributed by atoms with Crippen LogP contribution in [0.3, 0.4) is 0 Å². The minimum absolute atomic E-state index is 0.193. The van der Waals surface area contributed by atoms with Gasteiger partial charge in [0.05, 0.1) is 18.6 Å². The van der Waals surface area contributed by atoms with E-state index in [1.165, 1.54) is 0 Å². The van der Waals surface area contributed by atoms with Crippen LogP contribution in [0, 0.1) is 0 Å². The van der Waals surface area contributed by atoms with E-state index in [1.54, 1.807) is 24.8 Å². The van der Waals surface area contributed by atoms with Crippen molar-refractivity contribution < 1.29 is 4.79 Å². The molecule has 1 amide bonds. The molecule has 0 aliphatic carbocycles. The first kappa shape index (κ1) is 9.32. The molecular formula is C9H11N5O. The standard InChI is InChI=1S/C9H11N5O/c10-6-1-8(12-2-6)9(15)13-4-7-3-11-5-14-7/h1-3,5,12H,4,10H2,(H,11,14)(H,13,15). The number of nitrogens with two attached hydrogens (primary N) is 1. The van der Waals surface area contributed by atoms with Gasteiger partial charge in [-0.2, -0.15) is 0 Å². The SMILES string of the molecule is Nc1c[nH]c(C(=O)NCc2cnc[nH]2)c1. The average Bonchev–Trinajstić information content (AvgIpc) is 2.84. The van der Waals surface area contributed by atoms with Crippen LogP contribution in [0.5, 0.6) is 0 Å². The van der Waals surface area contributed by atoms with E-state index < -0.39 is 0 Å². The summed E-state index contributed by atoms with van der Waals surface area (Å²) in [4.78, 5) is 21.0. The molecule has 6 heteroatoms. The van der Waals surface area contributed by atoms with Crippen LogP contribution in [0.1, 0.15) is 16.2 Å². The molecule has 2 rings (SSSR count). The third-order valence-corrected chi connectivity index (χ3v) is 1.94. The number of nitrogens with one attached hydrogen (secondary N) is 3. The molecule has 6 nitrogen and oxygen atoms in total. The Morgan fingerprint density at radius 2 is 2.40 bits per heavy atom. The molecule has 0 saturated carbocycles. The lowest BCUT2D eigenvalue weighted by Crippen LogP contribution is -2.23. The maximum Gasteiger partial charge on any atom is 0.268 e. The highest BCUT2D eigenvalue weighted by atomic mass is 16.1. The molecule has 2 heterocycles. The molecular weight excluding hydrogens is 194 g/mol. The third kappa shape index (κ3) is 2.16. The fraction of sp³-hybridized carbons (Fsp3) is 0.111. The highest BCUT2D eigenvalue weighted by molar-refractivity contribution is 5.93. The van der Waals surface area contributed by atoms with Crippen LogP contribution in [0.25, 0.3) is 0 Å². The Balaban J connectivity index is 1.93. The van der Waals surface area contributed by atoms with E-state index >= 15 is 0 Å². The molecule has 0 atom stereocenters. The van der Waals surface area contributed by atoms with Crippen molar-refractivity contribution in [3.8, 4) is 0 Å². The van der Waals surface area contributed by atoms with Crippen molar-refractivity contribution in [3.63, 3.8) is 0 Å². The van der Waals surface area contributed by atoms with Crippen LogP contribution < -0.4 is 11.1 Å². The minimum atomic E-state index is -0.193. The van der Waals surface area contributed by atoms with Gasteiger partial charge in [0.1, 0.15) is 5.69 Å². The number of rotatable bonds is 3. The van der Waals surface area contributed by atoms with Crippen molar-refractivity contribution in [3.05, 3.63) is 36.2 Å². The maximum absolute atomic E-state index is 11.5. The second kappa shape index (κ2) is 3.87. The van der Waals surface area contributed by atoms with Crippen LogP contribution in [0.15, 0.2) is 24.8 Å². The van der Waals surface area contributed by atoms with Gasteiger partial charge in [-0.25, -0.2) is 4.98 Å². The first-order valence-electron chi connectivity index (χ1n) is 4.45.